The molecule has 0 saturated carbocycles. The minimum absolute atomic E-state index is 0.0166. The molecule has 3 heterocycles. The summed E-state index contributed by atoms with van der Waals surface area (Å²) in [6, 6.07) is 15.1. The first-order chi connectivity index (χ1) is 16.3. The van der Waals surface area contributed by atoms with Crippen molar-refractivity contribution in [2.45, 2.75) is 37.6 Å². The molecule has 2 bridgehead atoms. The summed E-state index contributed by atoms with van der Waals surface area (Å²) >= 11 is 0. The van der Waals surface area contributed by atoms with Crippen LogP contribution in [0.4, 0.5) is 0 Å². The molecule has 0 N–H and O–H groups in total. The monoisotopic (exact) mass is 481 g/mol. The first-order valence-electron chi connectivity index (χ1n) is 12.0. The van der Waals surface area contributed by atoms with Crippen LogP contribution < -0.4 is 0 Å². The van der Waals surface area contributed by atoms with E-state index < -0.39 is 10.0 Å². The van der Waals surface area contributed by atoms with Gasteiger partial charge in [-0.25, -0.2) is 12.7 Å². The lowest BCUT2D eigenvalue weighted by Crippen LogP contribution is -2.53. The number of likely N-dealkylation sites (tertiary alicyclic amines) is 2. The summed E-state index contributed by atoms with van der Waals surface area (Å²) in [5.74, 6) is 0.329. The second-order valence-electron chi connectivity index (χ2n) is 9.91. The predicted octanol–water partition coefficient (Wildman–Crippen LogP) is 2.90. The zero-order valence-corrected chi connectivity index (χ0v) is 20.3. The van der Waals surface area contributed by atoms with Gasteiger partial charge in [0.2, 0.25) is 5.91 Å². The van der Waals surface area contributed by atoms with Gasteiger partial charge in [-0.05, 0) is 54.9 Å². The summed E-state index contributed by atoms with van der Waals surface area (Å²) in [5, 5.41) is 0. The van der Waals surface area contributed by atoms with Crippen molar-refractivity contribution in [2.24, 2.45) is 11.8 Å². The van der Waals surface area contributed by atoms with E-state index in [0.717, 1.165) is 35.9 Å². The fourth-order valence-corrected chi connectivity index (χ4v) is 7.18. The van der Waals surface area contributed by atoms with Gasteiger partial charge in [0.25, 0.3) is 15.9 Å². The predicted molar refractivity (Wildman–Crippen MR) is 129 cm³/mol. The van der Waals surface area contributed by atoms with Crippen LogP contribution in [0.25, 0.3) is 0 Å². The molecule has 0 aromatic heterocycles. The molecule has 0 aliphatic carbocycles. The highest BCUT2D eigenvalue weighted by Crippen LogP contribution is 2.31. The van der Waals surface area contributed by atoms with Crippen LogP contribution in [0.1, 0.15) is 40.7 Å². The van der Waals surface area contributed by atoms with E-state index in [1.54, 1.807) is 6.07 Å². The number of hydrogen-bond acceptors (Lipinski definition) is 5. The van der Waals surface area contributed by atoms with Gasteiger partial charge in [-0.2, -0.15) is 0 Å². The van der Waals surface area contributed by atoms with Gasteiger partial charge < -0.3 is 4.90 Å². The van der Waals surface area contributed by atoms with Gasteiger partial charge in [0.05, 0.1) is 4.90 Å². The van der Waals surface area contributed by atoms with Crippen LogP contribution in [0.15, 0.2) is 53.4 Å². The zero-order valence-electron chi connectivity index (χ0n) is 19.5. The summed E-state index contributed by atoms with van der Waals surface area (Å²) in [5.41, 5.74) is 2.47. The number of aryl methyl sites for hydroxylation is 1. The fourth-order valence-electron chi connectivity index (χ4n) is 5.69. The van der Waals surface area contributed by atoms with Crippen molar-refractivity contribution < 1.29 is 18.0 Å². The molecule has 5 rings (SSSR count). The maximum atomic E-state index is 13.5. The van der Waals surface area contributed by atoms with Gasteiger partial charge in [0, 0.05) is 51.3 Å². The number of amides is 2. The smallest absolute Gasteiger partial charge is 0.266 e. The normalized spacial score (nSPS) is 23.4. The quantitative estimate of drug-likeness (QED) is 0.656. The summed E-state index contributed by atoms with van der Waals surface area (Å²) in [4.78, 5) is 30.0. The Morgan fingerprint density at radius 1 is 1.00 bits per heavy atom. The van der Waals surface area contributed by atoms with Crippen molar-refractivity contribution in [1.82, 2.24) is 14.1 Å². The highest BCUT2D eigenvalue weighted by Gasteiger charge is 2.37. The third-order valence-corrected chi connectivity index (χ3v) is 9.07. The van der Waals surface area contributed by atoms with Crippen LogP contribution in [0.3, 0.4) is 0 Å². The average Bonchev–Trinajstić information content (AvgIpc) is 3.25. The Bertz CT molecular complexity index is 1180. The molecular weight excluding hydrogens is 450 g/mol. The molecule has 0 spiro atoms. The number of hydrogen-bond donors (Lipinski definition) is 0. The maximum Gasteiger partial charge on any atom is 0.266 e. The van der Waals surface area contributed by atoms with Crippen LogP contribution in [-0.2, 0) is 21.4 Å². The first kappa shape index (κ1) is 23.1. The Morgan fingerprint density at radius 2 is 1.71 bits per heavy atom. The standard InChI is InChI=1S/C26H31N3O4S/c1-19-9-10-23(34(32,33)29-11-5-8-25(29)30)13-24(19)26(31)28-17-21-12-22(18-28)16-27(15-21)14-20-6-3-2-4-7-20/h2-4,6-7,9-10,13,21-22H,5,8,11-12,14-18H2,1H3. The van der Waals surface area contributed by atoms with Gasteiger partial charge in [-0.3, -0.25) is 14.5 Å². The minimum atomic E-state index is -3.94. The average molecular weight is 482 g/mol. The van der Waals surface area contributed by atoms with Crippen molar-refractivity contribution in [3.8, 4) is 0 Å². The van der Waals surface area contributed by atoms with E-state index in [1.807, 2.05) is 17.9 Å². The molecule has 2 unspecified atom stereocenters. The Hall–Kier alpha value is -2.71. The van der Waals surface area contributed by atoms with Gasteiger partial charge in [-0.15, -0.1) is 0 Å². The lowest BCUT2D eigenvalue weighted by atomic mass is 9.84. The summed E-state index contributed by atoms with van der Waals surface area (Å²) in [6.07, 6.45) is 1.90. The molecule has 7 nitrogen and oxygen atoms in total. The number of sulfonamides is 1. The van der Waals surface area contributed by atoms with Crippen molar-refractivity contribution in [2.75, 3.05) is 32.7 Å². The number of fused-ring (bicyclic) bond motifs is 2. The van der Waals surface area contributed by atoms with Gasteiger partial charge in [0.1, 0.15) is 0 Å². The van der Waals surface area contributed by atoms with E-state index in [9.17, 15) is 18.0 Å². The van der Waals surface area contributed by atoms with E-state index >= 15 is 0 Å². The molecule has 2 atom stereocenters. The highest BCUT2D eigenvalue weighted by atomic mass is 32.2. The van der Waals surface area contributed by atoms with Gasteiger partial charge in [-0.1, -0.05) is 36.4 Å². The van der Waals surface area contributed by atoms with Crippen molar-refractivity contribution in [3.63, 3.8) is 0 Å². The van der Waals surface area contributed by atoms with E-state index in [4.69, 9.17) is 0 Å². The lowest BCUT2D eigenvalue weighted by molar-refractivity contribution is -0.123. The van der Waals surface area contributed by atoms with E-state index in [-0.39, 0.29) is 29.7 Å². The Labute approximate surface area is 201 Å². The highest BCUT2D eigenvalue weighted by molar-refractivity contribution is 7.89. The summed E-state index contributed by atoms with van der Waals surface area (Å²) in [7, 11) is -3.94. The van der Waals surface area contributed by atoms with Crippen molar-refractivity contribution in [3.05, 3.63) is 65.2 Å². The molecule has 0 radical (unpaired) electrons. The van der Waals surface area contributed by atoms with Crippen molar-refractivity contribution >= 4 is 21.8 Å². The van der Waals surface area contributed by atoms with Gasteiger partial charge >= 0.3 is 0 Å². The fraction of sp³-hybridized carbons (Fsp3) is 0.462. The molecule has 3 aliphatic heterocycles. The number of piperidine rings is 2. The second kappa shape index (κ2) is 9.15. The first-order valence-corrected chi connectivity index (χ1v) is 13.5. The number of carbonyl (C=O) groups excluding carboxylic acids is 2. The molecule has 34 heavy (non-hydrogen) atoms. The molecule has 2 aromatic carbocycles. The second-order valence-corrected chi connectivity index (χ2v) is 11.8. The lowest BCUT2D eigenvalue weighted by Gasteiger charge is -2.46. The molecule has 2 aromatic rings. The Morgan fingerprint density at radius 3 is 2.35 bits per heavy atom. The molecule has 2 amide bonds. The van der Waals surface area contributed by atoms with Crippen LogP contribution in [0.2, 0.25) is 0 Å². The number of carbonyl (C=O) groups is 2. The SMILES string of the molecule is Cc1ccc(S(=O)(=O)N2CCCC2=O)cc1C(=O)N1CC2CC(CN(Cc3ccccc3)C2)C1. The summed E-state index contributed by atoms with van der Waals surface area (Å²) < 4.78 is 27.0. The van der Waals surface area contributed by atoms with Crippen LogP contribution in [0.5, 0.6) is 0 Å². The molecule has 3 fully saturated rings. The molecule has 180 valence electrons. The Kier molecular flexibility index (Phi) is 6.20. The third kappa shape index (κ3) is 4.49. The van der Waals surface area contributed by atoms with Crippen LogP contribution in [0, 0.1) is 18.8 Å². The largest absolute Gasteiger partial charge is 0.338 e. The number of nitrogens with zero attached hydrogens (tertiary/aromatic N) is 3. The maximum absolute atomic E-state index is 13.5. The number of rotatable bonds is 5. The Balaban J connectivity index is 1.31. The summed E-state index contributed by atoms with van der Waals surface area (Å²) in [6.45, 7) is 6.24. The van der Waals surface area contributed by atoms with Gasteiger partial charge in [0.15, 0.2) is 0 Å². The molecular formula is C26H31N3O4S. The van der Waals surface area contributed by atoms with Crippen molar-refractivity contribution in [1.29, 1.82) is 0 Å². The topological polar surface area (TPSA) is 78.0 Å². The molecule has 3 saturated heterocycles. The molecule has 8 heteroatoms. The van der Waals surface area contributed by atoms with E-state index in [2.05, 4.69) is 29.2 Å². The minimum Gasteiger partial charge on any atom is -0.338 e. The van der Waals surface area contributed by atoms with Crippen LogP contribution in [-0.4, -0.2) is 67.1 Å². The van der Waals surface area contributed by atoms with E-state index in [0.29, 0.717) is 36.9 Å². The van der Waals surface area contributed by atoms with E-state index in [1.165, 1.54) is 17.7 Å². The number of benzene rings is 2. The van der Waals surface area contributed by atoms with Crippen LogP contribution >= 0.6 is 0 Å². The third-order valence-electron chi connectivity index (χ3n) is 7.25. The zero-order chi connectivity index (χ0) is 23.9. The molecule has 3 aliphatic rings.